The minimum atomic E-state index is 0.0138. The molecule has 0 aliphatic carbocycles. The molecule has 1 heterocycles. The predicted octanol–water partition coefficient (Wildman–Crippen LogP) is 2.90. The molecule has 1 aromatic heterocycles. The number of methoxy groups -OCH3 is 1. The second-order valence-corrected chi connectivity index (χ2v) is 4.73. The second-order valence-electron chi connectivity index (χ2n) is 3.71. The summed E-state index contributed by atoms with van der Waals surface area (Å²) in [7, 11) is 1.61. The Balaban J connectivity index is 2.36. The van der Waals surface area contributed by atoms with Gasteiger partial charge in [-0.05, 0) is 35.8 Å². The lowest BCUT2D eigenvalue weighted by molar-refractivity contribution is 0.414. The molecular weight excluding hydrogens is 270 g/mol. The molecule has 0 bridgehead atoms. The monoisotopic (exact) mass is 283 g/mol. The Kier molecular flexibility index (Phi) is 4.52. The van der Waals surface area contributed by atoms with Crippen molar-refractivity contribution in [3.8, 4) is 5.75 Å². The number of nitrogens with one attached hydrogen (secondary N) is 1. The smallest absolute Gasteiger partial charge is 0.137 e. The van der Waals surface area contributed by atoms with Gasteiger partial charge >= 0.3 is 0 Å². The molecule has 1 unspecified atom stereocenters. The van der Waals surface area contributed by atoms with Gasteiger partial charge in [-0.3, -0.25) is 0 Å². The molecule has 6 heteroatoms. The van der Waals surface area contributed by atoms with E-state index in [2.05, 4.69) is 21.8 Å². The second kappa shape index (κ2) is 6.13. The molecule has 0 radical (unpaired) electrons. The van der Waals surface area contributed by atoms with E-state index in [1.165, 1.54) is 11.5 Å². The predicted molar refractivity (Wildman–Crippen MR) is 73.4 cm³/mol. The zero-order valence-electron chi connectivity index (χ0n) is 10.2. The van der Waals surface area contributed by atoms with Crippen LogP contribution in [0.15, 0.2) is 23.6 Å². The summed E-state index contributed by atoms with van der Waals surface area (Å²) in [6.07, 6.45) is 0. The highest BCUT2D eigenvalue weighted by atomic mass is 35.5. The Labute approximate surface area is 115 Å². The van der Waals surface area contributed by atoms with E-state index in [9.17, 15) is 0 Å². The average molecular weight is 284 g/mol. The van der Waals surface area contributed by atoms with Crippen molar-refractivity contribution in [3.63, 3.8) is 0 Å². The first-order valence-corrected chi connectivity index (χ1v) is 6.81. The molecule has 0 saturated heterocycles. The third-order valence-electron chi connectivity index (χ3n) is 2.59. The summed E-state index contributed by atoms with van der Waals surface area (Å²) in [5.74, 6) is 0.667. The Bertz CT molecular complexity index is 504. The molecule has 4 nitrogen and oxygen atoms in total. The Morgan fingerprint density at radius 1 is 1.50 bits per heavy atom. The summed E-state index contributed by atoms with van der Waals surface area (Å²) in [6, 6.07) is 5.74. The van der Waals surface area contributed by atoms with Gasteiger partial charge in [-0.2, -0.15) is 0 Å². The average Bonchev–Trinajstić information content (AvgIpc) is 2.90. The van der Waals surface area contributed by atoms with Crippen molar-refractivity contribution >= 4 is 23.1 Å². The quantitative estimate of drug-likeness (QED) is 0.916. The molecule has 1 N–H and O–H groups in total. The van der Waals surface area contributed by atoms with Gasteiger partial charge in [0, 0.05) is 5.38 Å². The van der Waals surface area contributed by atoms with Crippen LogP contribution in [0.1, 0.15) is 24.2 Å². The number of benzene rings is 1. The normalized spacial score (nSPS) is 12.4. The zero-order chi connectivity index (χ0) is 13.0. The van der Waals surface area contributed by atoms with Crippen LogP contribution in [0.2, 0.25) is 5.02 Å². The Hall–Kier alpha value is -1.17. The molecule has 0 fully saturated rings. The van der Waals surface area contributed by atoms with Crippen molar-refractivity contribution < 1.29 is 4.74 Å². The Morgan fingerprint density at radius 3 is 2.94 bits per heavy atom. The highest BCUT2D eigenvalue weighted by molar-refractivity contribution is 7.03. The first kappa shape index (κ1) is 13.3. The number of rotatable bonds is 5. The number of hydrogen-bond donors (Lipinski definition) is 1. The lowest BCUT2D eigenvalue weighted by Gasteiger charge is -2.17. The van der Waals surface area contributed by atoms with Gasteiger partial charge < -0.3 is 10.1 Å². The van der Waals surface area contributed by atoms with Gasteiger partial charge in [0.2, 0.25) is 0 Å². The molecule has 2 aromatic rings. The fourth-order valence-corrected chi connectivity index (χ4v) is 2.43. The van der Waals surface area contributed by atoms with Crippen molar-refractivity contribution in [2.75, 3.05) is 13.7 Å². The van der Waals surface area contributed by atoms with Crippen LogP contribution in [0, 0.1) is 0 Å². The topological polar surface area (TPSA) is 47.0 Å². The first-order chi connectivity index (χ1) is 8.76. The third-order valence-corrected chi connectivity index (χ3v) is 3.42. The lowest BCUT2D eigenvalue weighted by atomic mass is 10.0. The van der Waals surface area contributed by atoms with Crippen molar-refractivity contribution in [2.24, 2.45) is 0 Å². The maximum Gasteiger partial charge on any atom is 0.137 e. The number of ether oxygens (including phenoxy) is 1. The fraction of sp³-hybridized carbons (Fsp3) is 0.333. The van der Waals surface area contributed by atoms with E-state index in [-0.39, 0.29) is 6.04 Å². The summed E-state index contributed by atoms with van der Waals surface area (Å²) in [5, 5.41) is 10.0. The van der Waals surface area contributed by atoms with Crippen LogP contribution < -0.4 is 10.1 Å². The molecule has 1 aromatic carbocycles. The number of nitrogens with zero attached hydrogens (tertiary/aromatic N) is 2. The summed E-state index contributed by atoms with van der Waals surface area (Å²) >= 11 is 7.37. The number of aromatic nitrogens is 2. The molecule has 0 saturated carbocycles. The van der Waals surface area contributed by atoms with Gasteiger partial charge in [0.25, 0.3) is 0 Å². The zero-order valence-corrected chi connectivity index (χ0v) is 11.8. The first-order valence-electron chi connectivity index (χ1n) is 5.60. The minimum Gasteiger partial charge on any atom is -0.495 e. The van der Waals surface area contributed by atoms with Gasteiger partial charge in [0.1, 0.15) is 5.75 Å². The Morgan fingerprint density at radius 2 is 2.33 bits per heavy atom. The lowest BCUT2D eigenvalue weighted by Crippen LogP contribution is -2.22. The molecule has 0 aliphatic rings. The standard InChI is InChI=1S/C12H14ClN3OS/c1-3-14-12(10-7-18-16-15-10)8-4-5-9(13)11(6-8)17-2/h4-7,12,14H,3H2,1-2H3. The summed E-state index contributed by atoms with van der Waals surface area (Å²) in [4.78, 5) is 0. The molecule has 2 rings (SSSR count). The molecule has 0 amide bonds. The van der Waals surface area contributed by atoms with E-state index in [0.29, 0.717) is 10.8 Å². The van der Waals surface area contributed by atoms with Gasteiger partial charge in [-0.15, -0.1) is 5.10 Å². The number of halogens is 1. The highest BCUT2D eigenvalue weighted by Crippen LogP contribution is 2.30. The SMILES string of the molecule is CCNC(c1ccc(Cl)c(OC)c1)c1csnn1. The van der Waals surface area contributed by atoms with Crippen molar-refractivity contribution in [1.82, 2.24) is 14.9 Å². The van der Waals surface area contributed by atoms with Crippen LogP contribution in [0.5, 0.6) is 5.75 Å². The van der Waals surface area contributed by atoms with Crippen LogP contribution in [0.25, 0.3) is 0 Å². The van der Waals surface area contributed by atoms with Crippen LogP contribution in [0.3, 0.4) is 0 Å². The molecule has 0 aliphatic heterocycles. The number of hydrogen-bond acceptors (Lipinski definition) is 5. The van der Waals surface area contributed by atoms with Gasteiger partial charge in [0.05, 0.1) is 23.9 Å². The fourth-order valence-electron chi connectivity index (χ4n) is 1.75. The summed E-state index contributed by atoms with van der Waals surface area (Å²) in [5.41, 5.74) is 1.97. The van der Waals surface area contributed by atoms with E-state index in [1.807, 2.05) is 23.6 Å². The van der Waals surface area contributed by atoms with Crippen LogP contribution >= 0.6 is 23.1 Å². The van der Waals surface area contributed by atoms with E-state index in [4.69, 9.17) is 16.3 Å². The van der Waals surface area contributed by atoms with Crippen molar-refractivity contribution in [3.05, 3.63) is 39.9 Å². The van der Waals surface area contributed by atoms with Crippen molar-refractivity contribution in [2.45, 2.75) is 13.0 Å². The maximum absolute atomic E-state index is 6.03. The van der Waals surface area contributed by atoms with E-state index in [0.717, 1.165) is 17.8 Å². The largest absolute Gasteiger partial charge is 0.495 e. The van der Waals surface area contributed by atoms with Gasteiger partial charge in [0.15, 0.2) is 0 Å². The highest BCUT2D eigenvalue weighted by Gasteiger charge is 2.17. The van der Waals surface area contributed by atoms with Crippen LogP contribution in [0.4, 0.5) is 0 Å². The maximum atomic E-state index is 6.03. The van der Waals surface area contributed by atoms with Crippen LogP contribution in [-0.2, 0) is 0 Å². The minimum absolute atomic E-state index is 0.0138. The van der Waals surface area contributed by atoms with E-state index in [1.54, 1.807) is 7.11 Å². The van der Waals surface area contributed by atoms with Gasteiger partial charge in [-0.25, -0.2) is 0 Å². The molecular formula is C12H14ClN3OS. The van der Waals surface area contributed by atoms with Gasteiger partial charge in [-0.1, -0.05) is 29.1 Å². The molecule has 0 spiro atoms. The third kappa shape index (κ3) is 2.80. The van der Waals surface area contributed by atoms with E-state index < -0.39 is 0 Å². The summed E-state index contributed by atoms with van der Waals surface area (Å²) < 4.78 is 9.14. The molecule has 96 valence electrons. The van der Waals surface area contributed by atoms with Crippen LogP contribution in [-0.4, -0.2) is 23.2 Å². The van der Waals surface area contributed by atoms with E-state index >= 15 is 0 Å². The molecule has 1 atom stereocenters. The summed E-state index contributed by atoms with van der Waals surface area (Å²) in [6.45, 7) is 2.90. The van der Waals surface area contributed by atoms with Crippen molar-refractivity contribution in [1.29, 1.82) is 0 Å². The molecule has 18 heavy (non-hydrogen) atoms.